The van der Waals surface area contributed by atoms with E-state index in [-0.39, 0.29) is 5.84 Å². The Morgan fingerprint density at radius 1 is 0.962 bits per heavy atom. The van der Waals surface area contributed by atoms with Crippen molar-refractivity contribution in [3.8, 4) is 11.5 Å². The molecule has 0 aliphatic heterocycles. The Balaban J connectivity index is 1.79. The van der Waals surface area contributed by atoms with Gasteiger partial charge in [-0.1, -0.05) is 58.4 Å². The van der Waals surface area contributed by atoms with Gasteiger partial charge >= 0.3 is 0 Å². The Morgan fingerprint density at radius 2 is 1.69 bits per heavy atom. The minimum atomic E-state index is 0.241. The number of para-hydroxylation sites is 1. The smallest absolute Gasteiger partial charge is 0.142 e. The summed E-state index contributed by atoms with van der Waals surface area (Å²) in [6, 6.07) is 23.1. The van der Waals surface area contributed by atoms with Gasteiger partial charge in [-0.05, 0) is 35.9 Å². The highest BCUT2D eigenvalue weighted by atomic mass is 79.9. The number of anilines is 1. The summed E-state index contributed by atoms with van der Waals surface area (Å²) >= 11 is 3.45. The van der Waals surface area contributed by atoms with Crippen LogP contribution in [0.5, 0.6) is 11.5 Å². The van der Waals surface area contributed by atoms with Gasteiger partial charge in [0.25, 0.3) is 0 Å². The molecule has 5 heteroatoms. The first-order valence-corrected chi connectivity index (χ1v) is 8.92. The number of methoxy groups -OCH3 is 1. The first-order chi connectivity index (χ1) is 12.7. The first kappa shape index (κ1) is 18.0. The molecule has 3 aromatic carbocycles. The zero-order valence-electron chi connectivity index (χ0n) is 14.3. The molecule has 0 aromatic heterocycles. The van der Waals surface area contributed by atoms with Crippen molar-refractivity contribution in [1.29, 1.82) is 5.41 Å². The SMILES string of the molecule is COc1ccc(Br)cc1NC(=N)c1ccccc1OCc1ccccc1. The summed E-state index contributed by atoms with van der Waals surface area (Å²) in [6.45, 7) is 0.450. The van der Waals surface area contributed by atoms with E-state index in [9.17, 15) is 0 Å². The topological polar surface area (TPSA) is 54.3 Å². The largest absolute Gasteiger partial charge is 0.495 e. The summed E-state index contributed by atoms with van der Waals surface area (Å²) in [4.78, 5) is 0. The molecule has 0 saturated carbocycles. The van der Waals surface area contributed by atoms with Gasteiger partial charge in [-0.3, -0.25) is 5.41 Å². The van der Waals surface area contributed by atoms with Gasteiger partial charge in [-0.2, -0.15) is 0 Å². The molecule has 0 fully saturated rings. The van der Waals surface area contributed by atoms with Gasteiger partial charge in [0.15, 0.2) is 0 Å². The summed E-state index contributed by atoms with van der Waals surface area (Å²) in [7, 11) is 1.61. The average molecular weight is 411 g/mol. The van der Waals surface area contributed by atoms with Crippen LogP contribution in [0.1, 0.15) is 11.1 Å². The quantitative estimate of drug-likeness (QED) is 0.418. The van der Waals surface area contributed by atoms with Crippen LogP contribution in [0.3, 0.4) is 0 Å². The molecule has 132 valence electrons. The molecule has 0 amide bonds. The summed E-state index contributed by atoms with van der Waals surface area (Å²) in [5, 5.41) is 11.6. The Morgan fingerprint density at radius 3 is 2.46 bits per heavy atom. The summed E-state index contributed by atoms with van der Waals surface area (Å²) in [5.41, 5.74) is 2.48. The lowest BCUT2D eigenvalue weighted by Crippen LogP contribution is -2.14. The molecular weight excluding hydrogens is 392 g/mol. The molecule has 0 aliphatic carbocycles. The fraction of sp³-hybridized carbons (Fsp3) is 0.0952. The third-order valence-electron chi connectivity index (χ3n) is 3.81. The van der Waals surface area contributed by atoms with Gasteiger partial charge in [0.2, 0.25) is 0 Å². The van der Waals surface area contributed by atoms with E-state index in [0.29, 0.717) is 29.4 Å². The molecule has 0 unspecified atom stereocenters. The minimum absolute atomic E-state index is 0.241. The maximum atomic E-state index is 8.47. The highest BCUT2D eigenvalue weighted by molar-refractivity contribution is 9.10. The predicted octanol–water partition coefficient (Wildman–Crippen LogP) is 5.47. The molecule has 0 saturated heterocycles. The molecule has 0 bridgehead atoms. The Labute approximate surface area is 161 Å². The zero-order valence-corrected chi connectivity index (χ0v) is 15.9. The maximum absolute atomic E-state index is 8.47. The van der Waals surface area contributed by atoms with Crippen molar-refractivity contribution >= 4 is 27.5 Å². The maximum Gasteiger partial charge on any atom is 0.142 e. The molecule has 3 aromatic rings. The molecule has 0 radical (unpaired) electrons. The van der Waals surface area contributed by atoms with Crippen LogP contribution >= 0.6 is 15.9 Å². The number of hydrogen-bond acceptors (Lipinski definition) is 3. The van der Waals surface area contributed by atoms with Crippen LogP contribution in [-0.4, -0.2) is 12.9 Å². The van der Waals surface area contributed by atoms with Crippen molar-refractivity contribution in [2.75, 3.05) is 12.4 Å². The lowest BCUT2D eigenvalue weighted by molar-refractivity contribution is 0.305. The monoisotopic (exact) mass is 410 g/mol. The Hall–Kier alpha value is -2.79. The van der Waals surface area contributed by atoms with Crippen molar-refractivity contribution in [3.05, 3.63) is 88.4 Å². The van der Waals surface area contributed by atoms with E-state index in [2.05, 4.69) is 21.2 Å². The average Bonchev–Trinajstić information content (AvgIpc) is 2.67. The molecular formula is C21H19BrN2O2. The van der Waals surface area contributed by atoms with E-state index in [0.717, 1.165) is 10.0 Å². The number of nitrogens with one attached hydrogen (secondary N) is 2. The van der Waals surface area contributed by atoms with Gasteiger partial charge in [-0.25, -0.2) is 0 Å². The highest BCUT2D eigenvalue weighted by Crippen LogP contribution is 2.29. The molecule has 0 spiro atoms. The van der Waals surface area contributed by atoms with Crippen LogP contribution < -0.4 is 14.8 Å². The Bertz CT molecular complexity index is 898. The lowest BCUT2D eigenvalue weighted by atomic mass is 10.1. The molecule has 0 atom stereocenters. The third-order valence-corrected chi connectivity index (χ3v) is 4.31. The number of amidine groups is 1. The van der Waals surface area contributed by atoms with Crippen LogP contribution in [0.2, 0.25) is 0 Å². The van der Waals surface area contributed by atoms with Crippen molar-refractivity contribution < 1.29 is 9.47 Å². The van der Waals surface area contributed by atoms with Crippen molar-refractivity contribution in [3.63, 3.8) is 0 Å². The van der Waals surface area contributed by atoms with Gasteiger partial charge < -0.3 is 14.8 Å². The number of halogens is 1. The van der Waals surface area contributed by atoms with Crippen LogP contribution in [0.25, 0.3) is 0 Å². The summed E-state index contributed by atoms with van der Waals surface area (Å²) < 4.78 is 12.2. The predicted molar refractivity (Wildman–Crippen MR) is 108 cm³/mol. The van der Waals surface area contributed by atoms with Crippen LogP contribution in [0.15, 0.2) is 77.3 Å². The van der Waals surface area contributed by atoms with E-state index in [1.807, 2.05) is 72.8 Å². The second kappa shape index (κ2) is 8.54. The molecule has 26 heavy (non-hydrogen) atoms. The second-order valence-corrected chi connectivity index (χ2v) is 6.53. The molecule has 4 nitrogen and oxygen atoms in total. The Kier molecular flexibility index (Phi) is 5.92. The van der Waals surface area contributed by atoms with Crippen LogP contribution in [0, 0.1) is 5.41 Å². The fourth-order valence-corrected chi connectivity index (χ4v) is 2.88. The molecule has 0 aliphatic rings. The molecule has 0 heterocycles. The van der Waals surface area contributed by atoms with E-state index in [1.165, 1.54) is 0 Å². The lowest BCUT2D eigenvalue weighted by Gasteiger charge is -2.15. The molecule has 2 N–H and O–H groups in total. The summed E-state index contributed by atoms with van der Waals surface area (Å²) in [5.74, 6) is 1.56. The number of hydrogen-bond donors (Lipinski definition) is 2. The minimum Gasteiger partial charge on any atom is -0.495 e. The van der Waals surface area contributed by atoms with E-state index < -0.39 is 0 Å². The normalized spacial score (nSPS) is 10.2. The fourth-order valence-electron chi connectivity index (χ4n) is 2.51. The molecule has 3 rings (SSSR count). The van der Waals surface area contributed by atoms with E-state index in [4.69, 9.17) is 14.9 Å². The first-order valence-electron chi connectivity index (χ1n) is 8.12. The van der Waals surface area contributed by atoms with Crippen molar-refractivity contribution in [1.82, 2.24) is 0 Å². The second-order valence-electron chi connectivity index (χ2n) is 5.62. The van der Waals surface area contributed by atoms with Crippen LogP contribution in [-0.2, 0) is 6.61 Å². The van der Waals surface area contributed by atoms with E-state index >= 15 is 0 Å². The third kappa shape index (κ3) is 4.43. The van der Waals surface area contributed by atoms with Gasteiger partial charge in [-0.15, -0.1) is 0 Å². The zero-order chi connectivity index (χ0) is 18.4. The van der Waals surface area contributed by atoms with E-state index in [1.54, 1.807) is 7.11 Å². The summed E-state index contributed by atoms with van der Waals surface area (Å²) in [6.07, 6.45) is 0. The van der Waals surface area contributed by atoms with Gasteiger partial charge in [0, 0.05) is 4.47 Å². The standard InChI is InChI=1S/C21H19BrN2O2/c1-25-20-12-11-16(22)13-18(20)24-21(23)17-9-5-6-10-19(17)26-14-15-7-3-2-4-8-15/h2-13H,14H2,1H3,(H2,23,24). The van der Waals surface area contributed by atoms with Gasteiger partial charge in [0.05, 0.1) is 18.4 Å². The van der Waals surface area contributed by atoms with Crippen molar-refractivity contribution in [2.45, 2.75) is 6.61 Å². The van der Waals surface area contributed by atoms with Crippen molar-refractivity contribution in [2.24, 2.45) is 0 Å². The van der Waals surface area contributed by atoms with Gasteiger partial charge in [0.1, 0.15) is 23.9 Å². The number of rotatable bonds is 6. The number of benzene rings is 3. The number of ether oxygens (including phenoxy) is 2. The van der Waals surface area contributed by atoms with Crippen LogP contribution in [0.4, 0.5) is 5.69 Å². The highest BCUT2D eigenvalue weighted by Gasteiger charge is 2.12.